The van der Waals surface area contributed by atoms with Gasteiger partial charge in [-0.3, -0.25) is 67.5 Å². The van der Waals surface area contributed by atoms with Gasteiger partial charge in [0.15, 0.2) is 40.8 Å². The molecular formula is C47H80N12O16. The standard InChI is InChI=1S/C47H80N12O16/c1-5-34(61)31(22-40(68)69)58-42(72)25(2)18-36(63)32(23-41(70)71)59-45(75)28(11-8-16-54-46(49)50)19-35(62)26(3)56-43(73)27(10-6-7-15-48)20-37(64)30(13-14-39(66)67)57-44(74)29(12-9-17-55-47(51)52)21-38(65)33(24-60)53-4/h25-33,53,60H,5-24,48H2,1-4H3,(H,56,73)(H,57,74)(H,58,72)(H,59,75)(H,66,67)(H,68,69)(H,70,71)(H4,49,50,54)(H4,51,52,55)/t25-,26+,27-,28-,29-,30+,31+,32+,33+/m1/s1. The highest BCUT2D eigenvalue weighted by molar-refractivity contribution is 5.99. The maximum atomic E-state index is 14.0. The van der Waals surface area contributed by atoms with Crippen molar-refractivity contribution in [2.45, 2.75) is 154 Å². The van der Waals surface area contributed by atoms with Gasteiger partial charge in [0.1, 0.15) is 0 Å². The number of carboxylic acids is 3. The number of aliphatic imine (C=N–C) groups is 2. The fraction of sp³-hybridized carbons (Fsp3) is 0.702. The molecule has 0 bridgehead atoms. The van der Waals surface area contributed by atoms with Crippen LogP contribution >= 0.6 is 0 Å². The number of unbranched alkanes of at least 4 members (excludes halogenated alkanes) is 1. The summed E-state index contributed by atoms with van der Waals surface area (Å²) in [6.45, 7) is 3.79. The van der Waals surface area contributed by atoms with Crippen molar-refractivity contribution in [1.29, 1.82) is 0 Å². The molecule has 75 heavy (non-hydrogen) atoms. The molecule has 28 heteroatoms. The van der Waals surface area contributed by atoms with E-state index in [2.05, 4.69) is 36.6 Å². The number of guanidine groups is 2. The van der Waals surface area contributed by atoms with Gasteiger partial charge in [-0.1, -0.05) is 20.3 Å². The second-order valence-electron chi connectivity index (χ2n) is 18.2. The topological polar surface area (TPSA) is 501 Å². The summed E-state index contributed by atoms with van der Waals surface area (Å²) in [7, 11) is 1.44. The average Bonchev–Trinajstić information content (AvgIpc) is 3.32. The molecule has 19 N–H and O–H groups in total. The minimum atomic E-state index is -1.72. The number of nitrogens with one attached hydrogen (secondary N) is 5. The van der Waals surface area contributed by atoms with Gasteiger partial charge in [-0.2, -0.15) is 0 Å². The highest BCUT2D eigenvalue weighted by atomic mass is 16.4. The normalized spacial score (nSPS) is 14.6. The Bertz CT molecular complexity index is 2020. The number of aliphatic hydroxyl groups is 1. The molecule has 0 rings (SSSR count). The lowest BCUT2D eigenvalue weighted by atomic mass is 9.89. The Morgan fingerprint density at radius 2 is 0.893 bits per heavy atom. The predicted octanol–water partition coefficient (Wildman–Crippen LogP) is -3.12. The van der Waals surface area contributed by atoms with Crippen LogP contribution in [0.2, 0.25) is 0 Å². The summed E-state index contributed by atoms with van der Waals surface area (Å²) in [5, 5.41) is 50.4. The number of carboxylic acid groups (broad SMARTS) is 3. The molecule has 424 valence electrons. The summed E-state index contributed by atoms with van der Waals surface area (Å²) in [5.74, 6) is -16.2. The van der Waals surface area contributed by atoms with Crippen molar-refractivity contribution in [2.24, 2.45) is 62.3 Å². The molecule has 0 aromatic heterocycles. The first kappa shape index (κ1) is 68.1. The largest absolute Gasteiger partial charge is 0.481 e. The Balaban J connectivity index is 6.58. The number of carbonyl (C=O) groups is 12. The van der Waals surface area contributed by atoms with Gasteiger partial charge in [0.2, 0.25) is 23.6 Å². The quantitative estimate of drug-likeness (QED) is 0.0163. The molecule has 0 unspecified atom stereocenters. The number of likely N-dealkylation sites (N-methyl/N-ethyl adjacent to an activating group) is 1. The van der Waals surface area contributed by atoms with Crippen LogP contribution in [0.5, 0.6) is 0 Å². The maximum absolute atomic E-state index is 14.0. The van der Waals surface area contributed by atoms with E-state index in [-0.39, 0.29) is 76.5 Å². The second-order valence-corrected chi connectivity index (χ2v) is 18.2. The van der Waals surface area contributed by atoms with Gasteiger partial charge in [-0.15, -0.1) is 0 Å². The molecule has 0 aromatic rings. The summed E-state index contributed by atoms with van der Waals surface area (Å²) in [6.07, 6.45) is -3.80. The zero-order valence-corrected chi connectivity index (χ0v) is 43.3. The number of nitrogens with two attached hydrogens (primary N) is 5. The Labute approximate surface area is 435 Å². The van der Waals surface area contributed by atoms with Crippen molar-refractivity contribution in [3.8, 4) is 0 Å². The third-order valence-electron chi connectivity index (χ3n) is 12.1. The van der Waals surface area contributed by atoms with Crippen LogP contribution in [-0.4, -0.2) is 166 Å². The van der Waals surface area contributed by atoms with Crippen LogP contribution in [-0.2, 0) is 57.5 Å². The molecular weight excluding hydrogens is 989 g/mol. The number of rotatable bonds is 43. The molecule has 0 radical (unpaired) electrons. The summed E-state index contributed by atoms with van der Waals surface area (Å²) >= 11 is 0. The van der Waals surface area contributed by atoms with Crippen LogP contribution < -0.4 is 55.3 Å². The number of hydrogen-bond donors (Lipinski definition) is 14. The first-order chi connectivity index (χ1) is 35.2. The maximum Gasteiger partial charge on any atom is 0.305 e. The third-order valence-corrected chi connectivity index (χ3v) is 12.1. The van der Waals surface area contributed by atoms with E-state index in [0.717, 1.165) is 0 Å². The molecule has 0 saturated heterocycles. The van der Waals surface area contributed by atoms with E-state index in [4.69, 9.17) is 28.7 Å². The van der Waals surface area contributed by atoms with Crippen LogP contribution in [0.15, 0.2) is 9.98 Å². The molecule has 9 atom stereocenters. The van der Waals surface area contributed by atoms with Gasteiger partial charge >= 0.3 is 17.9 Å². The molecule has 0 aromatic carbocycles. The number of amides is 4. The first-order valence-corrected chi connectivity index (χ1v) is 24.8. The fourth-order valence-corrected chi connectivity index (χ4v) is 7.66. The van der Waals surface area contributed by atoms with Gasteiger partial charge in [-0.25, -0.2) is 0 Å². The molecule has 4 amide bonds. The van der Waals surface area contributed by atoms with Gasteiger partial charge in [0.25, 0.3) is 0 Å². The van der Waals surface area contributed by atoms with Gasteiger partial charge in [0.05, 0.1) is 49.7 Å². The highest BCUT2D eigenvalue weighted by Crippen LogP contribution is 2.21. The zero-order valence-electron chi connectivity index (χ0n) is 43.3. The summed E-state index contributed by atoms with van der Waals surface area (Å²) in [6, 6.07) is -6.89. The number of carbonyl (C=O) groups excluding carboxylic acids is 9. The van der Waals surface area contributed by atoms with E-state index in [1.54, 1.807) is 0 Å². The van der Waals surface area contributed by atoms with Crippen LogP contribution in [0.3, 0.4) is 0 Å². The van der Waals surface area contributed by atoms with E-state index in [1.165, 1.54) is 27.8 Å². The van der Waals surface area contributed by atoms with Crippen molar-refractivity contribution in [3.63, 3.8) is 0 Å². The van der Waals surface area contributed by atoms with E-state index < -0.39 is 176 Å². The highest BCUT2D eigenvalue weighted by Gasteiger charge is 2.35. The van der Waals surface area contributed by atoms with Crippen molar-refractivity contribution < 1.29 is 78.0 Å². The lowest BCUT2D eigenvalue weighted by Crippen LogP contribution is -2.48. The summed E-state index contributed by atoms with van der Waals surface area (Å²) in [5.41, 5.74) is 27.4. The fourth-order valence-electron chi connectivity index (χ4n) is 7.66. The number of ketones is 5. The molecule has 28 nitrogen and oxygen atoms in total. The molecule has 0 fully saturated rings. The second kappa shape index (κ2) is 36.9. The van der Waals surface area contributed by atoms with Crippen molar-refractivity contribution >= 4 is 82.4 Å². The Morgan fingerprint density at radius 3 is 1.32 bits per heavy atom. The molecule has 0 aliphatic carbocycles. The van der Waals surface area contributed by atoms with Crippen LogP contribution in [0.1, 0.15) is 124 Å². The molecule has 0 saturated carbocycles. The van der Waals surface area contributed by atoms with Crippen LogP contribution in [0.4, 0.5) is 0 Å². The molecule has 0 aliphatic heterocycles. The lowest BCUT2D eigenvalue weighted by Gasteiger charge is -2.25. The van der Waals surface area contributed by atoms with Gasteiger partial charge < -0.3 is 75.7 Å². The van der Waals surface area contributed by atoms with E-state index >= 15 is 0 Å². The predicted molar refractivity (Wildman–Crippen MR) is 271 cm³/mol. The zero-order chi connectivity index (χ0) is 57.4. The van der Waals surface area contributed by atoms with Gasteiger partial charge in [-0.05, 0) is 65.5 Å². The number of aliphatic carboxylic acids is 3. The smallest absolute Gasteiger partial charge is 0.305 e. The van der Waals surface area contributed by atoms with Crippen molar-refractivity contribution in [1.82, 2.24) is 26.6 Å². The number of Topliss-reactive ketones (excluding diaryl/α,β-unsaturated/α-hetero) is 5. The van der Waals surface area contributed by atoms with E-state index in [9.17, 15) is 78.0 Å². The molecule has 0 spiro atoms. The Hall–Kier alpha value is -6.94. The van der Waals surface area contributed by atoms with E-state index in [1.807, 2.05) is 0 Å². The average molecular weight is 1070 g/mol. The van der Waals surface area contributed by atoms with Crippen LogP contribution in [0.25, 0.3) is 0 Å². The Kier molecular flexibility index (Phi) is 33.5. The van der Waals surface area contributed by atoms with Crippen molar-refractivity contribution in [2.75, 3.05) is 33.3 Å². The van der Waals surface area contributed by atoms with E-state index in [0.29, 0.717) is 12.8 Å². The molecule has 0 aliphatic rings. The number of hydrogen-bond acceptors (Lipinski definition) is 17. The van der Waals surface area contributed by atoms with Crippen molar-refractivity contribution in [3.05, 3.63) is 0 Å². The number of aliphatic hydroxyl groups excluding tert-OH is 1. The third kappa shape index (κ3) is 28.9. The minimum Gasteiger partial charge on any atom is -0.481 e. The lowest BCUT2D eigenvalue weighted by molar-refractivity contribution is -0.141. The minimum absolute atomic E-state index is 0.00867. The van der Waals surface area contributed by atoms with Crippen LogP contribution in [0, 0.1) is 23.7 Å². The first-order valence-electron chi connectivity index (χ1n) is 24.8. The SMILES string of the molecule is CCC(=O)[C@H](CC(=O)O)NC(=O)[C@H](C)CC(=O)[C@H](CC(=O)O)NC(=O)[C@H](CCCN=C(N)N)CC(=O)[C@H](C)NC(=O)[C@H](CCCCN)CC(=O)[C@H](CCC(=O)O)NC(=O)[C@H](CCCN=C(N)N)CC(=O)[C@H](CO)NC. The van der Waals surface area contributed by atoms with Gasteiger partial charge in [0, 0.05) is 75.3 Å². The summed E-state index contributed by atoms with van der Waals surface area (Å²) in [4.78, 5) is 164. The summed E-state index contributed by atoms with van der Waals surface area (Å²) < 4.78 is 0. The Morgan fingerprint density at radius 1 is 0.480 bits per heavy atom. The monoisotopic (exact) mass is 1070 g/mol. The molecule has 0 heterocycles. The number of nitrogens with zero attached hydrogens (tertiary/aromatic N) is 2.